The van der Waals surface area contributed by atoms with Gasteiger partial charge >= 0.3 is 17.9 Å². The number of carbonyl (C=O) groups is 4. The molecular formula is C30H32O9. The van der Waals surface area contributed by atoms with Crippen molar-refractivity contribution < 1.29 is 42.9 Å². The predicted molar refractivity (Wildman–Crippen MR) is 140 cm³/mol. The van der Waals surface area contributed by atoms with Gasteiger partial charge in [0.15, 0.2) is 5.41 Å². The van der Waals surface area contributed by atoms with E-state index in [0.717, 1.165) is 14.2 Å². The van der Waals surface area contributed by atoms with Crippen LogP contribution in [0.5, 0.6) is 11.5 Å². The molecule has 2 aromatic carbocycles. The number of carbonyl (C=O) groups excluding carboxylic acids is 4. The summed E-state index contributed by atoms with van der Waals surface area (Å²) >= 11 is 0. The second-order valence-electron chi connectivity index (χ2n) is 9.25. The minimum absolute atomic E-state index is 0.227. The largest absolute Gasteiger partial charge is 0.497 e. The predicted octanol–water partition coefficient (Wildman–Crippen LogP) is 3.33. The van der Waals surface area contributed by atoms with Crippen molar-refractivity contribution in [3.63, 3.8) is 0 Å². The van der Waals surface area contributed by atoms with Crippen molar-refractivity contribution in [2.24, 2.45) is 16.7 Å². The molecule has 2 aromatic rings. The standard InChI is InChI=1S/C30H32O9/c1-19(31)29(16-15-20-7-11-23(35-2)12-8-20)22(17-25(32)37-4)18-30(27(33)38-5,28(34)39-6)26(29)21-9-13-24(36-3)14-10-21/h7-14,22,26H,17-18H2,1-6H3/t22-,26-,29+/m0/s1. The van der Waals surface area contributed by atoms with Gasteiger partial charge in [0.2, 0.25) is 0 Å². The summed E-state index contributed by atoms with van der Waals surface area (Å²) in [5, 5.41) is 0. The summed E-state index contributed by atoms with van der Waals surface area (Å²) in [6, 6.07) is 13.5. The second kappa shape index (κ2) is 12.0. The van der Waals surface area contributed by atoms with Gasteiger partial charge in [0.1, 0.15) is 22.7 Å². The smallest absolute Gasteiger partial charge is 0.323 e. The molecule has 0 spiro atoms. The molecule has 206 valence electrons. The average molecular weight is 537 g/mol. The number of rotatable bonds is 8. The summed E-state index contributed by atoms with van der Waals surface area (Å²) < 4.78 is 25.7. The minimum atomic E-state index is -1.98. The van der Waals surface area contributed by atoms with E-state index in [9.17, 15) is 19.2 Å². The molecule has 0 N–H and O–H groups in total. The molecule has 0 radical (unpaired) electrons. The lowest BCUT2D eigenvalue weighted by Gasteiger charge is -2.37. The van der Waals surface area contributed by atoms with Gasteiger partial charge in [-0.05, 0) is 61.2 Å². The second-order valence-corrected chi connectivity index (χ2v) is 9.25. The van der Waals surface area contributed by atoms with E-state index in [4.69, 9.17) is 23.7 Å². The fraction of sp³-hybridized carbons (Fsp3) is 0.400. The molecule has 3 atom stereocenters. The maximum Gasteiger partial charge on any atom is 0.323 e. The third-order valence-corrected chi connectivity index (χ3v) is 7.44. The number of ether oxygens (including phenoxy) is 5. The third-order valence-electron chi connectivity index (χ3n) is 7.44. The first-order chi connectivity index (χ1) is 18.6. The highest BCUT2D eigenvalue weighted by atomic mass is 16.5. The average Bonchev–Trinajstić information content (AvgIpc) is 3.26. The molecule has 0 aromatic heterocycles. The minimum Gasteiger partial charge on any atom is -0.497 e. The highest BCUT2D eigenvalue weighted by molar-refractivity contribution is 6.05. The molecule has 3 rings (SSSR count). The van der Waals surface area contributed by atoms with Crippen molar-refractivity contribution in [1.29, 1.82) is 0 Å². The maximum atomic E-state index is 13.8. The van der Waals surface area contributed by atoms with Crippen LogP contribution in [0.1, 0.15) is 36.8 Å². The summed E-state index contributed by atoms with van der Waals surface area (Å²) in [6.45, 7) is 1.34. The molecule has 39 heavy (non-hydrogen) atoms. The Kier molecular flexibility index (Phi) is 9.02. The van der Waals surface area contributed by atoms with Crippen LogP contribution in [0, 0.1) is 28.6 Å². The Balaban J connectivity index is 2.41. The van der Waals surface area contributed by atoms with Gasteiger partial charge in [-0.1, -0.05) is 24.0 Å². The number of benzene rings is 2. The number of esters is 3. The van der Waals surface area contributed by atoms with Gasteiger partial charge in [-0.25, -0.2) is 0 Å². The van der Waals surface area contributed by atoms with E-state index < -0.39 is 46.4 Å². The lowest BCUT2D eigenvalue weighted by Crippen LogP contribution is -2.48. The summed E-state index contributed by atoms with van der Waals surface area (Å²) in [5.41, 5.74) is -2.63. The van der Waals surface area contributed by atoms with E-state index in [1.807, 2.05) is 0 Å². The van der Waals surface area contributed by atoms with Crippen molar-refractivity contribution in [3.8, 4) is 23.3 Å². The number of methoxy groups -OCH3 is 5. The van der Waals surface area contributed by atoms with Crippen LogP contribution in [0.15, 0.2) is 48.5 Å². The van der Waals surface area contributed by atoms with Crippen LogP contribution in [0.2, 0.25) is 0 Å². The fourth-order valence-electron chi connectivity index (χ4n) is 5.61. The first-order valence-electron chi connectivity index (χ1n) is 12.2. The summed E-state index contributed by atoms with van der Waals surface area (Å²) in [5.74, 6) is 2.46. The molecule has 0 amide bonds. The third kappa shape index (κ3) is 5.19. The van der Waals surface area contributed by atoms with Crippen LogP contribution >= 0.6 is 0 Å². The Bertz CT molecular complexity index is 1270. The van der Waals surface area contributed by atoms with E-state index in [1.165, 1.54) is 21.1 Å². The topological polar surface area (TPSA) is 114 Å². The van der Waals surface area contributed by atoms with Crippen LogP contribution in [-0.4, -0.2) is 59.2 Å². The Morgan fingerprint density at radius 1 is 0.795 bits per heavy atom. The SMILES string of the molecule is COC(=O)C[C@H]1CC(C(=O)OC)(C(=O)OC)[C@@H](c2ccc(OC)cc2)[C@]1(C#Cc1ccc(OC)cc1)C(C)=O. The number of hydrogen-bond acceptors (Lipinski definition) is 9. The monoisotopic (exact) mass is 536 g/mol. The fourth-order valence-corrected chi connectivity index (χ4v) is 5.61. The Morgan fingerprint density at radius 2 is 1.31 bits per heavy atom. The van der Waals surface area contributed by atoms with Crippen molar-refractivity contribution in [2.75, 3.05) is 35.5 Å². The van der Waals surface area contributed by atoms with Gasteiger partial charge in [-0.15, -0.1) is 0 Å². The van der Waals surface area contributed by atoms with E-state index in [1.54, 1.807) is 55.6 Å². The van der Waals surface area contributed by atoms with Crippen LogP contribution in [0.25, 0.3) is 0 Å². The molecule has 1 fully saturated rings. The Labute approximate surface area is 227 Å². The van der Waals surface area contributed by atoms with Crippen LogP contribution in [-0.2, 0) is 33.4 Å². The van der Waals surface area contributed by atoms with E-state index in [-0.39, 0.29) is 12.8 Å². The van der Waals surface area contributed by atoms with Gasteiger partial charge in [-0.2, -0.15) is 0 Å². The van der Waals surface area contributed by atoms with E-state index >= 15 is 0 Å². The van der Waals surface area contributed by atoms with Crippen LogP contribution < -0.4 is 9.47 Å². The van der Waals surface area contributed by atoms with Crippen molar-refractivity contribution in [2.45, 2.75) is 25.7 Å². The molecule has 1 aliphatic rings. The zero-order chi connectivity index (χ0) is 28.8. The number of hydrogen-bond donors (Lipinski definition) is 0. The molecule has 9 heteroatoms. The number of ketones is 1. The van der Waals surface area contributed by atoms with Gasteiger partial charge < -0.3 is 23.7 Å². The van der Waals surface area contributed by atoms with Crippen LogP contribution in [0.4, 0.5) is 0 Å². The zero-order valence-electron chi connectivity index (χ0n) is 22.9. The molecule has 0 unspecified atom stereocenters. The highest BCUT2D eigenvalue weighted by Crippen LogP contribution is 2.64. The Hall–Kier alpha value is -4.32. The van der Waals surface area contributed by atoms with Gasteiger partial charge in [-0.3, -0.25) is 19.2 Å². The molecule has 0 bridgehead atoms. The first kappa shape index (κ1) is 29.2. The number of Topliss-reactive ketones (excluding diaryl/α,β-unsaturated/α-hetero) is 1. The maximum absolute atomic E-state index is 13.8. The molecule has 9 nitrogen and oxygen atoms in total. The quantitative estimate of drug-likeness (QED) is 0.217. The zero-order valence-corrected chi connectivity index (χ0v) is 22.9. The van der Waals surface area contributed by atoms with E-state index in [2.05, 4.69) is 11.8 Å². The van der Waals surface area contributed by atoms with Gasteiger partial charge in [0.25, 0.3) is 0 Å². The normalized spacial score (nSPS) is 21.1. The molecular weight excluding hydrogens is 504 g/mol. The van der Waals surface area contributed by atoms with Gasteiger partial charge in [0, 0.05) is 11.5 Å². The van der Waals surface area contributed by atoms with Crippen molar-refractivity contribution in [3.05, 3.63) is 59.7 Å². The van der Waals surface area contributed by atoms with Gasteiger partial charge in [0.05, 0.1) is 42.0 Å². The molecule has 1 saturated carbocycles. The molecule has 0 saturated heterocycles. The van der Waals surface area contributed by atoms with Crippen LogP contribution in [0.3, 0.4) is 0 Å². The van der Waals surface area contributed by atoms with E-state index in [0.29, 0.717) is 22.6 Å². The highest BCUT2D eigenvalue weighted by Gasteiger charge is 2.72. The lowest BCUT2D eigenvalue weighted by molar-refractivity contribution is -0.171. The summed E-state index contributed by atoms with van der Waals surface area (Å²) in [7, 11) is 6.59. The summed E-state index contributed by atoms with van der Waals surface area (Å²) in [4.78, 5) is 53.5. The molecule has 0 heterocycles. The lowest BCUT2D eigenvalue weighted by atomic mass is 9.62. The summed E-state index contributed by atoms with van der Waals surface area (Å²) in [6.07, 6.45) is -0.495. The molecule has 1 aliphatic carbocycles. The van der Waals surface area contributed by atoms with Crippen molar-refractivity contribution >= 4 is 23.7 Å². The molecule has 0 aliphatic heterocycles. The first-order valence-corrected chi connectivity index (χ1v) is 12.2. The van der Waals surface area contributed by atoms with Crippen molar-refractivity contribution in [1.82, 2.24) is 0 Å². The Morgan fingerprint density at radius 3 is 1.74 bits per heavy atom.